The van der Waals surface area contributed by atoms with Crippen LogP contribution in [-0.2, 0) is 16.1 Å². The Bertz CT molecular complexity index is 525. The molecular weight excluding hydrogens is 282 g/mol. The lowest BCUT2D eigenvalue weighted by Gasteiger charge is -2.24. The van der Waals surface area contributed by atoms with Crippen LogP contribution in [0.2, 0.25) is 0 Å². The van der Waals surface area contributed by atoms with Gasteiger partial charge in [-0.2, -0.15) is 0 Å². The molecule has 0 aromatic carbocycles. The predicted octanol–water partition coefficient (Wildman–Crippen LogP) is 1.95. The summed E-state index contributed by atoms with van der Waals surface area (Å²) in [5.41, 5.74) is 0.300. The second kappa shape index (κ2) is 6.77. The summed E-state index contributed by atoms with van der Waals surface area (Å²) in [5, 5.41) is 2.87. The molecule has 0 unspecified atom stereocenters. The highest BCUT2D eigenvalue weighted by Crippen LogP contribution is 2.19. The van der Waals surface area contributed by atoms with Crippen molar-refractivity contribution < 1.29 is 14.3 Å². The number of likely N-dealkylation sites (tertiary alicyclic amines) is 1. The van der Waals surface area contributed by atoms with Crippen molar-refractivity contribution >= 4 is 12.0 Å². The van der Waals surface area contributed by atoms with E-state index in [0.29, 0.717) is 26.1 Å². The Hall–Kier alpha value is -2.11. The molecule has 0 radical (unpaired) electrons. The molecule has 2 rings (SSSR count). The van der Waals surface area contributed by atoms with Crippen molar-refractivity contribution in [3.05, 3.63) is 30.1 Å². The third kappa shape index (κ3) is 4.72. The monoisotopic (exact) mass is 305 g/mol. The molecule has 1 N–H and O–H groups in total. The van der Waals surface area contributed by atoms with Gasteiger partial charge < -0.3 is 15.0 Å². The summed E-state index contributed by atoms with van der Waals surface area (Å²) in [7, 11) is 0. The van der Waals surface area contributed by atoms with E-state index in [1.165, 1.54) is 0 Å². The molecule has 1 aromatic rings. The third-order valence-electron chi connectivity index (χ3n) is 3.38. The Balaban J connectivity index is 1.80. The minimum atomic E-state index is -0.517. The molecule has 6 heteroatoms. The molecule has 1 aromatic heterocycles. The zero-order valence-corrected chi connectivity index (χ0v) is 13.3. The van der Waals surface area contributed by atoms with E-state index in [0.717, 1.165) is 5.69 Å². The lowest BCUT2D eigenvalue weighted by molar-refractivity contribution is -0.124. The quantitative estimate of drug-likeness (QED) is 0.926. The molecule has 1 aliphatic heterocycles. The van der Waals surface area contributed by atoms with Crippen LogP contribution in [0.4, 0.5) is 4.79 Å². The Morgan fingerprint density at radius 2 is 2.18 bits per heavy atom. The number of carbonyl (C=O) groups is 2. The lowest BCUT2D eigenvalue weighted by atomic mass is 10.1. The number of ether oxygens (including phenoxy) is 1. The van der Waals surface area contributed by atoms with Crippen LogP contribution >= 0.6 is 0 Å². The first-order valence-electron chi connectivity index (χ1n) is 7.51. The molecule has 22 heavy (non-hydrogen) atoms. The maximum Gasteiger partial charge on any atom is 0.410 e. The second-order valence-corrected chi connectivity index (χ2v) is 6.45. The summed E-state index contributed by atoms with van der Waals surface area (Å²) in [6.45, 7) is 6.86. The second-order valence-electron chi connectivity index (χ2n) is 6.45. The van der Waals surface area contributed by atoms with Crippen molar-refractivity contribution in [2.75, 3.05) is 13.1 Å². The molecular formula is C16H23N3O3. The van der Waals surface area contributed by atoms with Crippen LogP contribution in [0.1, 0.15) is 32.9 Å². The fraction of sp³-hybridized carbons (Fsp3) is 0.562. The van der Waals surface area contributed by atoms with E-state index in [-0.39, 0.29) is 17.9 Å². The number of aromatic nitrogens is 1. The average molecular weight is 305 g/mol. The van der Waals surface area contributed by atoms with Crippen LogP contribution in [0.25, 0.3) is 0 Å². The van der Waals surface area contributed by atoms with Gasteiger partial charge in [-0.25, -0.2) is 4.79 Å². The molecule has 2 amide bonds. The number of nitrogens with one attached hydrogen (secondary N) is 1. The minimum Gasteiger partial charge on any atom is -0.444 e. The Kier molecular flexibility index (Phi) is 5.00. The average Bonchev–Trinajstić information content (AvgIpc) is 2.94. The first kappa shape index (κ1) is 16.3. The Morgan fingerprint density at radius 1 is 1.41 bits per heavy atom. The Morgan fingerprint density at radius 3 is 2.82 bits per heavy atom. The van der Waals surface area contributed by atoms with Crippen molar-refractivity contribution in [2.24, 2.45) is 5.92 Å². The SMILES string of the molecule is CC(C)(C)OC(=O)N1CC[C@@H](C(=O)NCc2ccccn2)C1. The van der Waals surface area contributed by atoms with Crippen LogP contribution in [0.15, 0.2) is 24.4 Å². The molecule has 2 heterocycles. The van der Waals surface area contributed by atoms with Gasteiger partial charge in [0.05, 0.1) is 18.2 Å². The van der Waals surface area contributed by atoms with E-state index < -0.39 is 5.60 Å². The zero-order valence-electron chi connectivity index (χ0n) is 13.3. The first-order chi connectivity index (χ1) is 10.3. The first-order valence-corrected chi connectivity index (χ1v) is 7.51. The van der Waals surface area contributed by atoms with Crippen LogP contribution in [0, 0.1) is 5.92 Å². The van der Waals surface area contributed by atoms with E-state index in [4.69, 9.17) is 4.74 Å². The van der Waals surface area contributed by atoms with E-state index in [2.05, 4.69) is 10.3 Å². The molecule has 6 nitrogen and oxygen atoms in total. The summed E-state index contributed by atoms with van der Waals surface area (Å²) >= 11 is 0. The van der Waals surface area contributed by atoms with Crippen molar-refractivity contribution in [3.8, 4) is 0 Å². The normalized spacial score (nSPS) is 18.1. The summed E-state index contributed by atoms with van der Waals surface area (Å²) in [5.74, 6) is -0.229. The summed E-state index contributed by atoms with van der Waals surface area (Å²) in [6.07, 6.45) is 2.00. The van der Waals surface area contributed by atoms with Crippen LogP contribution in [0.3, 0.4) is 0 Å². The Labute approximate surface area is 130 Å². The van der Waals surface area contributed by atoms with Crippen LogP contribution < -0.4 is 5.32 Å². The highest BCUT2D eigenvalue weighted by atomic mass is 16.6. The molecule has 1 saturated heterocycles. The molecule has 1 atom stereocenters. The van der Waals surface area contributed by atoms with Gasteiger partial charge in [0.2, 0.25) is 5.91 Å². The molecule has 0 bridgehead atoms. The topological polar surface area (TPSA) is 71.5 Å². The zero-order chi connectivity index (χ0) is 16.2. The number of rotatable bonds is 3. The van der Waals surface area contributed by atoms with Gasteiger partial charge in [0.25, 0.3) is 0 Å². The van der Waals surface area contributed by atoms with Gasteiger partial charge in [0, 0.05) is 19.3 Å². The summed E-state index contributed by atoms with van der Waals surface area (Å²) in [6, 6.07) is 5.58. The molecule has 1 fully saturated rings. The van der Waals surface area contributed by atoms with Crippen LogP contribution in [-0.4, -0.2) is 40.6 Å². The van der Waals surface area contributed by atoms with Gasteiger partial charge >= 0.3 is 6.09 Å². The van der Waals surface area contributed by atoms with E-state index >= 15 is 0 Å². The minimum absolute atomic E-state index is 0.0447. The van der Waals surface area contributed by atoms with Crippen molar-refractivity contribution in [2.45, 2.75) is 39.3 Å². The molecule has 1 aliphatic rings. The van der Waals surface area contributed by atoms with Crippen LogP contribution in [0.5, 0.6) is 0 Å². The van der Waals surface area contributed by atoms with Crippen molar-refractivity contribution in [1.82, 2.24) is 15.2 Å². The highest BCUT2D eigenvalue weighted by molar-refractivity contribution is 5.80. The fourth-order valence-electron chi connectivity index (χ4n) is 2.29. The molecule has 0 saturated carbocycles. The largest absolute Gasteiger partial charge is 0.444 e. The van der Waals surface area contributed by atoms with Gasteiger partial charge in [0.15, 0.2) is 0 Å². The van der Waals surface area contributed by atoms with E-state index in [1.807, 2.05) is 39.0 Å². The van der Waals surface area contributed by atoms with E-state index in [9.17, 15) is 9.59 Å². The van der Waals surface area contributed by atoms with Crippen molar-refractivity contribution in [1.29, 1.82) is 0 Å². The van der Waals surface area contributed by atoms with Gasteiger partial charge in [-0.3, -0.25) is 9.78 Å². The number of hydrogen-bond acceptors (Lipinski definition) is 4. The fourth-order valence-corrected chi connectivity index (χ4v) is 2.29. The summed E-state index contributed by atoms with van der Waals surface area (Å²) in [4.78, 5) is 29.9. The smallest absolute Gasteiger partial charge is 0.410 e. The molecule has 0 aliphatic carbocycles. The molecule has 120 valence electrons. The number of nitrogens with zero attached hydrogens (tertiary/aromatic N) is 2. The number of amides is 2. The summed E-state index contributed by atoms with van der Waals surface area (Å²) < 4.78 is 5.32. The number of hydrogen-bond donors (Lipinski definition) is 1. The molecule has 0 spiro atoms. The van der Waals surface area contributed by atoms with Gasteiger partial charge in [-0.1, -0.05) is 6.07 Å². The maximum absolute atomic E-state index is 12.2. The number of carbonyl (C=O) groups excluding carboxylic acids is 2. The van der Waals surface area contributed by atoms with Crippen molar-refractivity contribution in [3.63, 3.8) is 0 Å². The van der Waals surface area contributed by atoms with Gasteiger partial charge in [0.1, 0.15) is 5.60 Å². The lowest BCUT2D eigenvalue weighted by Crippen LogP contribution is -2.37. The van der Waals surface area contributed by atoms with Gasteiger partial charge in [-0.15, -0.1) is 0 Å². The predicted molar refractivity (Wildman–Crippen MR) is 82.0 cm³/mol. The van der Waals surface area contributed by atoms with E-state index in [1.54, 1.807) is 11.1 Å². The van der Waals surface area contributed by atoms with Gasteiger partial charge in [-0.05, 0) is 39.3 Å². The highest BCUT2D eigenvalue weighted by Gasteiger charge is 2.33. The third-order valence-corrected chi connectivity index (χ3v) is 3.38. The number of pyridine rings is 1. The maximum atomic E-state index is 12.2. The standard InChI is InChI=1S/C16H23N3O3/c1-16(2,3)22-15(21)19-9-7-12(11-19)14(20)18-10-13-6-4-5-8-17-13/h4-6,8,12H,7,9-11H2,1-3H3,(H,18,20)/t12-/m1/s1.